The second-order valence-corrected chi connectivity index (χ2v) is 9.56. The lowest BCUT2D eigenvalue weighted by atomic mass is 10.2. The van der Waals surface area contributed by atoms with E-state index in [1.807, 2.05) is 6.26 Å². The van der Waals surface area contributed by atoms with E-state index in [1.54, 1.807) is 31.3 Å². The van der Waals surface area contributed by atoms with E-state index >= 15 is 0 Å². The summed E-state index contributed by atoms with van der Waals surface area (Å²) in [5.74, 6) is -0.159. The van der Waals surface area contributed by atoms with Crippen LogP contribution in [-0.2, 0) is 14.8 Å². The topological polar surface area (TPSA) is 75.7 Å². The fraction of sp³-hybridized carbons (Fsp3) is 0.350. The number of sulfonamides is 1. The summed E-state index contributed by atoms with van der Waals surface area (Å²) in [5, 5.41) is 0.539. The minimum atomic E-state index is -4.20. The predicted molar refractivity (Wildman–Crippen MR) is 118 cm³/mol. The van der Waals surface area contributed by atoms with E-state index in [-0.39, 0.29) is 19.6 Å². The van der Waals surface area contributed by atoms with E-state index in [4.69, 9.17) is 16.3 Å². The summed E-state index contributed by atoms with van der Waals surface area (Å²) in [6.45, 7) is 0.445. The highest BCUT2D eigenvalue weighted by Gasteiger charge is 2.29. The Morgan fingerprint density at radius 1 is 1.27 bits per heavy atom. The lowest BCUT2D eigenvalue weighted by molar-refractivity contribution is -0.132. The van der Waals surface area contributed by atoms with Gasteiger partial charge in [0.25, 0.3) is 0 Å². The molecule has 2 rings (SSSR count). The molecule has 1 amide bonds. The summed E-state index contributed by atoms with van der Waals surface area (Å²) in [5.41, 5.74) is 0. The fourth-order valence-corrected chi connectivity index (χ4v) is 4.57. The number of carbonyl (C=O) groups excluding carboxylic acids is 1. The zero-order chi connectivity index (χ0) is 22.1. The third-order valence-electron chi connectivity index (χ3n) is 4.20. The second kappa shape index (κ2) is 11.5. The molecule has 0 spiro atoms. The first-order valence-electron chi connectivity index (χ1n) is 9.13. The van der Waals surface area contributed by atoms with Crippen molar-refractivity contribution in [1.82, 2.24) is 9.62 Å². The Morgan fingerprint density at radius 3 is 2.67 bits per heavy atom. The van der Waals surface area contributed by atoms with E-state index in [0.717, 1.165) is 12.1 Å². The van der Waals surface area contributed by atoms with Crippen LogP contribution in [0.4, 0.5) is 4.39 Å². The van der Waals surface area contributed by atoms with Crippen LogP contribution in [0.1, 0.15) is 6.42 Å². The molecule has 0 radical (unpaired) electrons. The van der Waals surface area contributed by atoms with Gasteiger partial charge in [-0.15, -0.1) is 0 Å². The first kappa shape index (κ1) is 24.5. The quantitative estimate of drug-likeness (QED) is 0.540. The first-order chi connectivity index (χ1) is 14.2. The molecule has 1 unspecified atom stereocenters. The SMILES string of the molecule is CSCCC(NS(=O)(=O)c1ccccc1F)C(=O)N(C)CCOc1cccc(Cl)c1. The molecule has 1 N–H and O–H groups in total. The van der Waals surface area contributed by atoms with Crippen molar-refractivity contribution in [3.05, 3.63) is 59.4 Å². The number of nitrogens with zero attached hydrogens (tertiary/aromatic N) is 1. The zero-order valence-electron chi connectivity index (χ0n) is 16.7. The van der Waals surface area contributed by atoms with Gasteiger partial charge in [-0.25, -0.2) is 12.8 Å². The van der Waals surface area contributed by atoms with Crippen molar-refractivity contribution in [2.24, 2.45) is 0 Å². The third kappa shape index (κ3) is 7.16. The van der Waals surface area contributed by atoms with E-state index in [0.29, 0.717) is 16.5 Å². The molecule has 2 aromatic carbocycles. The molecule has 0 heterocycles. The number of carbonyl (C=O) groups is 1. The molecule has 0 aliphatic rings. The smallest absolute Gasteiger partial charge is 0.244 e. The molecule has 2 aromatic rings. The van der Waals surface area contributed by atoms with Gasteiger partial charge in [-0.3, -0.25) is 4.79 Å². The molecule has 30 heavy (non-hydrogen) atoms. The second-order valence-electron chi connectivity index (χ2n) is 6.45. The number of likely N-dealkylation sites (N-methyl/N-ethyl adjacent to an activating group) is 1. The first-order valence-corrected chi connectivity index (χ1v) is 12.4. The Labute approximate surface area is 185 Å². The van der Waals surface area contributed by atoms with Crippen LogP contribution in [0.5, 0.6) is 5.75 Å². The van der Waals surface area contributed by atoms with Gasteiger partial charge in [0.1, 0.15) is 29.1 Å². The van der Waals surface area contributed by atoms with Crippen molar-refractivity contribution in [1.29, 1.82) is 0 Å². The number of nitrogens with one attached hydrogen (secondary N) is 1. The molecule has 6 nitrogen and oxygen atoms in total. The van der Waals surface area contributed by atoms with E-state index in [2.05, 4.69) is 4.72 Å². The normalized spacial score (nSPS) is 12.4. The lowest BCUT2D eigenvalue weighted by Gasteiger charge is -2.24. The zero-order valence-corrected chi connectivity index (χ0v) is 19.1. The van der Waals surface area contributed by atoms with E-state index in [9.17, 15) is 17.6 Å². The number of hydrogen-bond acceptors (Lipinski definition) is 5. The molecule has 10 heteroatoms. The van der Waals surface area contributed by atoms with Crippen LogP contribution >= 0.6 is 23.4 Å². The van der Waals surface area contributed by atoms with Gasteiger partial charge < -0.3 is 9.64 Å². The highest BCUT2D eigenvalue weighted by molar-refractivity contribution is 7.98. The van der Waals surface area contributed by atoms with Crippen LogP contribution < -0.4 is 9.46 Å². The number of halogens is 2. The minimum absolute atomic E-state index is 0.206. The summed E-state index contributed by atoms with van der Waals surface area (Å²) in [7, 11) is -2.63. The van der Waals surface area contributed by atoms with Crippen molar-refractivity contribution in [3.63, 3.8) is 0 Å². The summed E-state index contributed by atoms with van der Waals surface area (Å²) >= 11 is 7.40. The summed E-state index contributed by atoms with van der Waals surface area (Å²) in [6, 6.07) is 10.9. The third-order valence-corrected chi connectivity index (χ3v) is 6.58. The Morgan fingerprint density at radius 2 is 2.00 bits per heavy atom. The van der Waals surface area contributed by atoms with Gasteiger partial charge in [-0.2, -0.15) is 16.5 Å². The minimum Gasteiger partial charge on any atom is -0.492 e. The Kier molecular flexibility index (Phi) is 9.41. The van der Waals surface area contributed by atoms with Gasteiger partial charge in [0.15, 0.2) is 0 Å². The maximum atomic E-state index is 14.0. The van der Waals surface area contributed by atoms with Crippen LogP contribution in [0.3, 0.4) is 0 Å². The average molecular weight is 475 g/mol. The van der Waals surface area contributed by atoms with Crippen LogP contribution in [0.15, 0.2) is 53.4 Å². The molecular formula is C20H24ClFN2O4S2. The summed E-state index contributed by atoms with van der Waals surface area (Å²) in [4.78, 5) is 13.8. The number of ether oxygens (including phenoxy) is 1. The Hall–Kier alpha value is -1.81. The van der Waals surface area contributed by atoms with Gasteiger partial charge >= 0.3 is 0 Å². The van der Waals surface area contributed by atoms with Crippen LogP contribution in [0.2, 0.25) is 5.02 Å². The maximum absolute atomic E-state index is 14.0. The number of hydrogen-bond donors (Lipinski definition) is 1. The van der Waals surface area contributed by atoms with Crippen molar-refractivity contribution in [2.75, 3.05) is 32.2 Å². The lowest BCUT2D eigenvalue weighted by Crippen LogP contribution is -2.48. The molecule has 0 bridgehead atoms. The van der Waals surface area contributed by atoms with Crippen molar-refractivity contribution in [2.45, 2.75) is 17.4 Å². The van der Waals surface area contributed by atoms with Gasteiger partial charge in [0, 0.05) is 12.1 Å². The average Bonchev–Trinajstić information content (AvgIpc) is 2.70. The molecule has 164 valence electrons. The predicted octanol–water partition coefficient (Wildman–Crippen LogP) is 3.42. The van der Waals surface area contributed by atoms with Gasteiger partial charge in [0.2, 0.25) is 15.9 Å². The number of amides is 1. The largest absolute Gasteiger partial charge is 0.492 e. The Bertz CT molecular complexity index is 959. The highest BCUT2D eigenvalue weighted by Crippen LogP contribution is 2.18. The molecule has 0 fully saturated rings. The van der Waals surface area contributed by atoms with Crippen LogP contribution in [-0.4, -0.2) is 57.5 Å². The molecule has 1 atom stereocenters. The molecule has 0 saturated carbocycles. The maximum Gasteiger partial charge on any atom is 0.244 e. The van der Waals surface area contributed by atoms with Crippen LogP contribution in [0, 0.1) is 5.82 Å². The molecule has 0 aliphatic carbocycles. The van der Waals surface area contributed by atoms with Gasteiger partial charge in [-0.05, 0) is 48.8 Å². The monoisotopic (exact) mass is 474 g/mol. The molecule has 0 saturated heterocycles. The summed E-state index contributed by atoms with van der Waals surface area (Å²) < 4.78 is 47.1. The van der Waals surface area contributed by atoms with E-state index < -0.39 is 32.7 Å². The number of rotatable bonds is 11. The van der Waals surface area contributed by atoms with Crippen molar-refractivity contribution in [3.8, 4) is 5.75 Å². The Balaban J connectivity index is 2.03. The van der Waals surface area contributed by atoms with Crippen molar-refractivity contribution < 1.29 is 22.3 Å². The number of thioether (sulfide) groups is 1. The molecular weight excluding hydrogens is 451 g/mol. The summed E-state index contributed by atoms with van der Waals surface area (Å²) in [6.07, 6.45) is 2.13. The molecule has 0 aliphatic heterocycles. The van der Waals surface area contributed by atoms with Gasteiger partial charge in [-0.1, -0.05) is 29.8 Å². The highest BCUT2D eigenvalue weighted by atomic mass is 35.5. The van der Waals surface area contributed by atoms with Crippen LogP contribution in [0.25, 0.3) is 0 Å². The number of benzene rings is 2. The fourth-order valence-electron chi connectivity index (χ4n) is 2.62. The van der Waals surface area contributed by atoms with E-state index in [1.165, 1.54) is 28.8 Å². The molecule has 0 aromatic heterocycles. The standard InChI is InChI=1S/C20H24ClFN2O4S2/c1-24(11-12-28-16-7-5-6-15(21)14-16)20(25)18(10-13-29-2)23-30(26,27)19-9-4-3-8-17(19)22/h3-9,14,18,23H,10-13H2,1-2H3. The van der Waals surface area contributed by atoms with Crippen molar-refractivity contribution >= 4 is 39.3 Å². The van der Waals surface area contributed by atoms with Gasteiger partial charge in [0.05, 0.1) is 6.54 Å².